The number of hydrogen-bond acceptors (Lipinski definition) is 5. The Morgan fingerprint density at radius 1 is 1.21 bits per heavy atom. The van der Waals surface area contributed by atoms with Crippen LogP contribution in [0.1, 0.15) is 47.4 Å². The maximum atomic E-state index is 12.9. The van der Waals surface area contributed by atoms with E-state index in [0.717, 1.165) is 11.6 Å². The average molecular weight is 415 g/mol. The molecular formula is C23H23ClO5. The number of carbonyl (C=O) groups is 2. The zero-order valence-electron chi connectivity index (χ0n) is 16.1. The minimum atomic E-state index is -0.845. The van der Waals surface area contributed by atoms with Crippen LogP contribution in [0.4, 0.5) is 0 Å². The predicted octanol–water partition coefficient (Wildman–Crippen LogP) is 5.30. The third-order valence-corrected chi connectivity index (χ3v) is 4.64. The number of aromatic hydroxyl groups is 2. The molecule has 0 saturated carbocycles. The van der Waals surface area contributed by atoms with Gasteiger partial charge in [0.2, 0.25) is 0 Å². The molecule has 0 unspecified atom stereocenters. The smallest absolute Gasteiger partial charge is 0.342 e. The lowest BCUT2D eigenvalue weighted by Gasteiger charge is -2.19. The second-order valence-electron chi connectivity index (χ2n) is 6.37. The maximum absolute atomic E-state index is 12.9. The molecule has 0 spiro atoms. The van der Waals surface area contributed by atoms with Crippen molar-refractivity contribution in [2.75, 3.05) is 0 Å². The summed E-state index contributed by atoms with van der Waals surface area (Å²) >= 11 is 6.15. The summed E-state index contributed by atoms with van der Waals surface area (Å²) in [6.45, 7) is 5.57. The van der Waals surface area contributed by atoms with Crippen LogP contribution in [0.15, 0.2) is 61.2 Å². The zero-order valence-corrected chi connectivity index (χ0v) is 16.9. The van der Waals surface area contributed by atoms with Gasteiger partial charge >= 0.3 is 5.97 Å². The van der Waals surface area contributed by atoms with E-state index in [1.54, 1.807) is 12.2 Å². The molecule has 2 aromatic rings. The van der Waals surface area contributed by atoms with Gasteiger partial charge in [-0.3, -0.25) is 4.79 Å². The molecule has 0 saturated heterocycles. The predicted molar refractivity (Wildman–Crippen MR) is 112 cm³/mol. The summed E-state index contributed by atoms with van der Waals surface area (Å²) in [5, 5.41) is 20.1. The molecule has 0 heterocycles. The molecule has 0 fully saturated rings. The van der Waals surface area contributed by atoms with Gasteiger partial charge in [0.25, 0.3) is 0 Å². The van der Waals surface area contributed by atoms with Crippen LogP contribution in [0.5, 0.6) is 11.5 Å². The van der Waals surface area contributed by atoms with Crippen molar-refractivity contribution in [1.29, 1.82) is 0 Å². The molecule has 0 bridgehead atoms. The molecule has 0 aliphatic carbocycles. The minimum Gasteiger partial charge on any atom is -0.507 e. The standard InChI is InChI=1S/C23H23ClO5/c1-3-5-12-16(25)13-17-21(18(26)14-19(27)22(17)24)23(28)29-20(9-4-2)15-10-7-6-8-11-15/h4-8,10-12,14,20,26-27H,2-3,9,13H2,1H3/b12-5+/t20-/m0/s1. The fourth-order valence-electron chi connectivity index (χ4n) is 2.82. The summed E-state index contributed by atoms with van der Waals surface area (Å²) < 4.78 is 5.60. The first kappa shape index (κ1) is 22.2. The first-order valence-electron chi connectivity index (χ1n) is 9.18. The van der Waals surface area contributed by atoms with Gasteiger partial charge in [-0.05, 0) is 18.1 Å². The van der Waals surface area contributed by atoms with E-state index in [2.05, 4.69) is 6.58 Å². The fourth-order valence-corrected chi connectivity index (χ4v) is 3.04. The van der Waals surface area contributed by atoms with Crippen molar-refractivity contribution < 1.29 is 24.5 Å². The molecule has 0 aromatic heterocycles. The molecule has 0 radical (unpaired) electrons. The lowest BCUT2D eigenvalue weighted by molar-refractivity contribution is -0.114. The van der Waals surface area contributed by atoms with Crippen molar-refractivity contribution in [1.82, 2.24) is 0 Å². The number of halogens is 1. The summed E-state index contributed by atoms with van der Waals surface area (Å²) in [4.78, 5) is 25.1. The van der Waals surface area contributed by atoms with E-state index in [1.807, 2.05) is 37.3 Å². The van der Waals surface area contributed by atoms with Crippen LogP contribution in [0.3, 0.4) is 0 Å². The average Bonchev–Trinajstić information content (AvgIpc) is 2.70. The van der Waals surface area contributed by atoms with E-state index in [-0.39, 0.29) is 28.4 Å². The molecular weight excluding hydrogens is 392 g/mol. The normalized spacial score (nSPS) is 11.9. The van der Waals surface area contributed by atoms with Gasteiger partial charge in [-0.1, -0.05) is 61.0 Å². The van der Waals surface area contributed by atoms with Gasteiger partial charge in [-0.2, -0.15) is 0 Å². The summed E-state index contributed by atoms with van der Waals surface area (Å²) in [5.74, 6) is -2.10. The van der Waals surface area contributed by atoms with E-state index < -0.39 is 23.6 Å². The Hall–Kier alpha value is -3.05. The highest BCUT2D eigenvalue weighted by Gasteiger charge is 2.27. The van der Waals surface area contributed by atoms with E-state index in [4.69, 9.17) is 16.3 Å². The summed E-state index contributed by atoms with van der Waals surface area (Å²) in [7, 11) is 0. The first-order chi connectivity index (χ1) is 13.9. The van der Waals surface area contributed by atoms with Gasteiger partial charge in [0.15, 0.2) is 5.78 Å². The highest BCUT2D eigenvalue weighted by molar-refractivity contribution is 6.33. The van der Waals surface area contributed by atoms with Crippen LogP contribution in [0.25, 0.3) is 0 Å². The van der Waals surface area contributed by atoms with E-state index >= 15 is 0 Å². The van der Waals surface area contributed by atoms with E-state index in [9.17, 15) is 19.8 Å². The lowest BCUT2D eigenvalue weighted by Crippen LogP contribution is -2.15. The Morgan fingerprint density at radius 2 is 1.90 bits per heavy atom. The van der Waals surface area contributed by atoms with Gasteiger partial charge in [0.1, 0.15) is 23.2 Å². The molecule has 2 N–H and O–H groups in total. The van der Waals surface area contributed by atoms with Crippen LogP contribution in [0.2, 0.25) is 5.02 Å². The largest absolute Gasteiger partial charge is 0.507 e. The first-order valence-corrected chi connectivity index (χ1v) is 9.56. The van der Waals surface area contributed by atoms with Crippen molar-refractivity contribution in [2.24, 2.45) is 0 Å². The van der Waals surface area contributed by atoms with Gasteiger partial charge in [-0.15, -0.1) is 6.58 Å². The SMILES string of the molecule is C=CC[C@H](OC(=O)c1c(O)cc(O)c(Cl)c1CC(=O)/C=C/CC)c1ccccc1. The third kappa shape index (κ3) is 5.72. The number of carbonyl (C=O) groups excluding carboxylic acids is 2. The molecule has 1 atom stereocenters. The van der Waals surface area contributed by atoms with Gasteiger partial charge < -0.3 is 14.9 Å². The van der Waals surface area contributed by atoms with Gasteiger partial charge in [-0.25, -0.2) is 4.79 Å². The summed E-state index contributed by atoms with van der Waals surface area (Å²) in [6, 6.07) is 10.1. The molecule has 0 amide bonds. The number of hydrogen-bond donors (Lipinski definition) is 2. The third-order valence-electron chi connectivity index (χ3n) is 4.22. The number of rotatable bonds is 9. The number of ketones is 1. The van der Waals surface area contributed by atoms with Crippen LogP contribution in [-0.2, 0) is 16.0 Å². The molecule has 152 valence electrons. The second-order valence-corrected chi connectivity index (χ2v) is 6.74. The Labute approximate surface area is 174 Å². The number of ether oxygens (including phenoxy) is 1. The summed E-state index contributed by atoms with van der Waals surface area (Å²) in [5.41, 5.74) is 0.537. The van der Waals surface area contributed by atoms with E-state index in [0.29, 0.717) is 12.8 Å². The minimum absolute atomic E-state index is 0.0188. The molecule has 0 aliphatic rings. The Kier molecular flexibility index (Phi) is 8.04. The van der Waals surface area contributed by atoms with E-state index in [1.165, 1.54) is 6.08 Å². The maximum Gasteiger partial charge on any atom is 0.342 e. The molecule has 29 heavy (non-hydrogen) atoms. The monoisotopic (exact) mass is 414 g/mol. The number of allylic oxidation sites excluding steroid dienone is 2. The second kappa shape index (κ2) is 10.5. The Morgan fingerprint density at radius 3 is 2.52 bits per heavy atom. The molecule has 5 nitrogen and oxygen atoms in total. The van der Waals surface area contributed by atoms with Crippen molar-refractivity contribution >= 4 is 23.4 Å². The van der Waals surface area contributed by atoms with Crippen molar-refractivity contribution in [3.05, 3.63) is 82.9 Å². The number of phenols is 2. The van der Waals surface area contributed by atoms with Crippen molar-refractivity contribution in [3.63, 3.8) is 0 Å². The van der Waals surface area contributed by atoms with Crippen molar-refractivity contribution in [3.8, 4) is 11.5 Å². The van der Waals surface area contributed by atoms with Crippen molar-refractivity contribution in [2.45, 2.75) is 32.3 Å². The van der Waals surface area contributed by atoms with Crippen LogP contribution in [-0.4, -0.2) is 22.0 Å². The molecule has 2 rings (SSSR count). The lowest BCUT2D eigenvalue weighted by atomic mass is 9.99. The fraction of sp³-hybridized carbons (Fsp3) is 0.217. The van der Waals surface area contributed by atoms with Gasteiger partial charge in [0, 0.05) is 24.5 Å². The van der Waals surface area contributed by atoms with Crippen LogP contribution < -0.4 is 0 Å². The summed E-state index contributed by atoms with van der Waals surface area (Å²) in [6.07, 6.45) is 4.80. The van der Waals surface area contributed by atoms with Crippen LogP contribution >= 0.6 is 11.6 Å². The number of phenolic OH excluding ortho intramolecular Hbond substituents is 2. The number of esters is 1. The molecule has 2 aromatic carbocycles. The molecule has 6 heteroatoms. The highest BCUT2D eigenvalue weighted by Crippen LogP contribution is 2.38. The molecule has 0 aliphatic heterocycles. The topological polar surface area (TPSA) is 83.8 Å². The zero-order chi connectivity index (χ0) is 21.4. The number of benzene rings is 2. The Balaban J connectivity index is 2.42. The Bertz CT molecular complexity index is 919. The highest BCUT2D eigenvalue weighted by atomic mass is 35.5. The van der Waals surface area contributed by atoms with Gasteiger partial charge in [0.05, 0.1) is 5.02 Å². The quantitative estimate of drug-likeness (QED) is 0.330. The van der Waals surface area contributed by atoms with Crippen LogP contribution in [0, 0.1) is 0 Å².